The van der Waals surface area contributed by atoms with Gasteiger partial charge in [-0.1, -0.05) is 54.6 Å². The largest absolute Gasteiger partial charge is 0.485 e. The number of ether oxygens (including phenoxy) is 2. The molecule has 5 rings (SSSR count). The molecule has 1 heterocycles. The molecule has 0 amide bonds. The summed E-state index contributed by atoms with van der Waals surface area (Å²) in [7, 11) is 1.07. The van der Waals surface area contributed by atoms with Gasteiger partial charge >= 0.3 is 12.1 Å². The van der Waals surface area contributed by atoms with Crippen LogP contribution in [0.1, 0.15) is 34.5 Å². The first-order chi connectivity index (χ1) is 18.3. The summed E-state index contributed by atoms with van der Waals surface area (Å²) in [6, 6.07) is 25.3. The molecule has 4 aromatic carbocycles. The molecule has 0 saturated carbocycles. The highest BCUT2D eigenvalue weighted by molar-refractivity contribution is 5.93. The average Bonchev–Trinajstić information content (AvgIpc) is 2.93. The van der Waals surface area contributed by atoms with E-state index in [1.54, 1.807) is 0 Å². The van der Waals surface area contributed by atoms with Crippen LogP contribution < -0.4 is 15.0 Å². The van der Waals surface area contributed by atoms with E-state index < -0.39 is 23.3 Å². The van der Waals surface area contributed by atoms with Gasteiger partial charge < -0.3 is 19.7 Å². The van der Waals surface area contributed by atoms with E-state index >= 15 is 0 Å². The third kappa shape index (κ3) is 5.04. The Morgan fingerprint density at radius 1 is 1.05 bits per heavy atom. The van der Waals surface area contributed by atoms with Gasteiger partial charge in [-0.15, -0.1) is 0 Å². The quantitative estimate of drug-likeness (QED) is 0.281. The lowest BCUT2D eigenvalue weighted by Gasteiger charge is -2.37. The Kier molecular flexibility index (Phi) is 6.99. The number of hydrogen-bond donors (Lipinski definition) is 1. The van der Waals surface area contributed by atoms with Crippen molar-refractivity contribution in [2.75, 3.05) is 25.1 Å². The molecule has 4 aromatic rings. The van der Waals surface area contributed by atoms with Crippen molar-refractivity contribution in [2.45, 2.75) is 25.2 Å². The summed E-state index contributed by atoms with van der Waals surface area (Å²) in [6.07, 6.45) is -4.99. The molecule has 1 N–H and O–H groups in total. The molecule has 196 valence electrons. The lowest BCUT2D eigenvalue weighted by atomic mass is 9.99. The van der Waals surface area contributed by atoms with Crippen LogP contribution in [0.25, 0.3) is 10.8 Å². The zero-order valence-electron chi connectivity index (χ0n) is 21.0. The van der Waals surface area contributed by atoms with E-state index in [1.165, 1.54) is 23.1 Å². The number of carbonyl (C=O) groups excluding carboxylic acids is 1. The third-order valence-corrected chi connectivity index (χ3v) is 6.80. The number of rotatable bonds is 6. The molecule has 0 spiro atoms. The number of para-hydroxylation sites is 2. The molecule has 1 aliphatic heterocycles. The first-order valence-electron chi connectivity index (χ1n) is 12.3. The van der Waals surface area contributed by atoms with Crippen molar-refractivity contribution in [2.24, 2.45) is 0 Å². The van der Waals surface area contributed by atoms with Crippen molar-refractivity contribution >= 4 is 28.1 Å². The van der Waals surface area contributed by atoms with E-state index in [0.29, 0.717) is 30.2 Å². The number of nitrogens with one attached hydrogen (secondary N) is 1. The standard InChI is InChI=1S/C30H27F3N2O3/c1-19(23-11-7-9-20-8-3-4-10-24(20)23)34-17-22-18-35(27-12-5-6-13-28(27)38-22)21-14-15-26(30(31,32)33)25(16-21)29(36)37-2/h3-16,19,22,34H,17-18H2,1-2H3/t19-,22?/m1/s1. The van der Waals surface area contributed by atoms with Gasteiger partial charge in [-0.05, 0) is 53.6 Å². The highest BCUT2D eigenvalue weighted by atomic mass is 19.4. The van der Waals surface area contributed by atoms with Gasteiger partial charge in [0.25, 0.3) is 0 Å². The Labute approximate surface area is 218 Å². The summed E-state index contributed by atoms with van der Waals surface area (Å²) in [5.41, 5.74) is 0.766. The summed E-state index contributed by atoms with van der Waals surface area (Å²) in [6.45, 7) is 2.97. The fourth-order valence-corrected chi connectivity index (χ4v) is 4.92. The summed E-state index contributed by atoms with van der Waals surface area (Å²) < 4.78 is 51.7. The molecule has 0 fully saturated rings. The number of esters is 1. The predicted molar refractivity (Wildman–Crippen MR) is 141 cm³/mol. The summed E-state index contributed by atoms with van der Waals surface area (Å²) >= 11 is 0. The van der Waals surface area contributed by atoms with Crippen LogP contribution in [0, 0.1) is 0 Å². The van der Waals surface area contributed by atoms with Crippen molar-refractivity contribution in [3.8, 4) is 5.75 Å². The van der Waals surface area contributed by atoms with Gasteiger partial charge in [0, 0.05) is 18.3 Å². The Morgan fingerprint density at radius 2 is 1.79 bits per heavy atom. The Bertz CT molecular complexity index is 1470. The lowest BCUT2D eigenvalue weighted by molar-refractivity contribution is -0.138. The summed E-state index contributed by atoms with van der Waals surface area (Å²) in [5, 5.41) is 5.89. The molecule has 38 heavy (non-hydrogen) atoms. The molecule has 0 saturated heterocycles. The fourth-order valence-electron chi connectivity index (χ4n) is 4.92. The van der Waals surface area contributed by atoms with Crippen LogP contribution in [0.4, 0.5) is 24.5 Å². The minimum Gasteiger partial charge on any atom is -0.485 e. The number of anilines is 2. The Balaban J connectivity index is 1.42. The summed E-state index contributed by atoms with van der Waals surface area (Å²) in [4.78, 5) is 14.1. The van der Waals surface area contributed by atoms with Crippen LogP contribution >= 0.6 is 0 Å². The molecule has 5 nitrogen and oxygen atoms in total. The van der Waals surface area contributed by atoms with E-state index in [0.717, 1.165) is 18.6 Å². The van der Waals surface area contributed by atoms with E-state index in [1.807, 2.05) is 47.4 Å². The van der Waals surface area contributed by atoms with Crippen LogP contribution in [0.3, 0.4) is 0 Å². The van der Waals surface area contributed by atoms with Crippen LogP contribution in [-0.4, -0.2) is 32.3 Å². The second-order valence-electron chi connectivity index (χ2n) is 9.24. The molecule has 0 bridgehead atoms. The molecule has 8 heteroatoms. The average molecular weight is 521 g/mol. The number of hydrogen-bond acceptors (Lipinski definition) is 5. The Hall–Kier alpha value is -4.04. The van der Waals surface area contributed by atoms with Gasteiger partial charge in [-0.2, -0.15) is 13.2 Å². The second kappa shape index (κ2) is 10.4. The highest BCUT2D eigenvalue weighted by Crippen LogP contribution is 2.40. The molecule has 0 aliphatic carbocycles. The van der Waals surface area contributed by atoms with Crippen molar-refractivity contribution < 1.29 is 27.4 Å². The highest BCUT2D eigenvalue weighted by Gasteiger charge is 2.37. The zero-order chi connectivity index (χ0) is 26.9. The van der Waals surface area contributed by atoms with Crippen molar-refractivity contribution in [3.05, 3.63) is 102 Å². The first kappa shape index (κ1) is 25.6. The predicted octanol–water partition coefficient (Wildman–Crippen LogP) is 6.90. The topological polar surface area (TPSA) is 50.8 Å². The number of alkyl halides is 3. The molecule has 2 atom stereocenters. The number of nitrogens with zero attached hydrogens (tertiary/aromatic N) is 1. The van der Waals surface area contributed by atoms with Crippen molar-refractivity contribution in [1.29, 1.82) is 0 Å². The molecular formula is C30H27F3N2O3. The zero-order valence-corrected chi connectivity index (χ0v) is 21.0. The van der Waals surface area contributed by atoms with E-state index in [9.17, 15) is 18.0 Å². The van der Waals surface area contributed by atoms with Gasteiger partial charge in [0.2, 0.25) is 0 Å². The van der Waals surface area contributed by atoms with Gasteiger partial charge in [0.15, 0.2) is 0 Å². The number of fused-ring (bicyclic) bond motifs is 2. The molecule has 1 aliphatic rings. The maximum atomic E-state index is 13.6. The van der Waals surface area contributed by atoms with E-state index in [2.05, 4.69) is 41.2 Å². The minimum absolute atomic E-state index is 0.0346. The van der Waals surface area contributed by atoms with E-state index in [4.69, 9.17) is 4.74 Å². The lowest BCUT2D eigenvalue weighted by Crippen LogP contribution is -2.44. The van der Waals surface area contributed by atoms with Gasteiger partial charge in [-0.3, -0.25) is 0 Å². The van der Waals surface area contributed by atoms with Crippen molar-refractivity contribution in [1.82, 2.24) is 5.32 Å². The maximum absolute atomic E-state index is 13.6. The van der Waals surface area contributed by atoms with Crippen LogP contribution in [0.15, 0.2) is 84.9 Å². The third-order valence-electron chi connectivity index (χ3n) is 6.80. The van der Waals surface area contributed by atoms with Crippen LogP contribution in [-0.2, 0) is 10.9 Å². The first-order valence-corrected chi connectivity index (χ1v) is 12.3. The molecule has 1 unspecified atom stereocenters. The number of carbonyl (C=O) groups is 1. The van der Waals surface area contributed by atoms with Crippen LogP contribution in [0.2, 0.25) is 0 Å². The monoisotopic (exact) mass is 520 g/mol. The fraction of sp³-hybridized carbons (Fsp3) is 0.233. The smallest absolute Gasteiger partial charge is 0.417 e. The minimum atomic E-state index is -4.69. The van der Waals surface area contributed by atoms with Gasteiger partial charge in [0.1, 0.15) is 11.9 Å². The molecule has 0 radical (unpaired) electrons. The second-order valence-corrected chi connectivity index (χ2v) is 9.24. The van der Waals surface area contributed by atoms with Gasteiger partial charge in [-0.25, -0.2) is 4.79 Å². The van der Waals surface area contributed by atoms with Crippen LogP contribution in [0.5, 0.6) is 5.75 Å². The van der Waals surface area contributed by atoms with Gasteiger partial charge in [0.05, 0.1) is 30.5 Å². The number of methoxy groups -OCH3 is 1. The van der Waals surface area contributed by atoms with E-state index in [-0.39, 0.29) is 12.1 Å². The molecular weight excluding hydrogens is 493 g/mol. The Morgan fingerprint density at radius 3 is 2.58 bits per heavy atom. The molecule has 0 aromatic heterocycles. The maximum Gasteiger partial charge on any atom is 0.417 e. The number of benzene rings is 4. The summed E-state index contributed by atoms with van der Waals surface area (Å²) in [5.74, 6) is -0.425. The number of halogens is 3. The van der Waals surface area contributed by atoms with Crippen molar-refractivity contribution in [3.63, 3.8) is 0 Å². The SMILES string of the molecule is COC(=O)c1cc(N2CC(CN[C@H](C)c3cccc4ccccc34)Oc3ccccc32)ccc1C(F)(F)F. The normalized spacial score (nSPS) is 16.0.